The van der Waals surface area contributed by atoms with Gasteiger partial charge in [-0.3, -0.25) is 0 Å². The lowest BCUT2D eigenvalue weighted by molar-refractivity contribution is 0.297. The second-order valence-corrected chi connectivity index (χ2v) is 5.39. The number of ether oxygens (including phenoxy) is 1. The number of aromatic nitrogens is 2. The number of benzene rings is 1. The van der Waals surface area contributed by atoms with Crippen LogP contribution in [0.3, 0.4) is 0 Å². The molecule has 2 N–H and O–H groups in total. The molecule has 1 atom stereocenters. The molecule has 1 heterocycles. The molecule has 5 heteroatoms. The van der Waals surface area contributed by atoms with Gasteiger partial charge in [0.15, 0.2) is 0 Å². The average Bonchev–Trinajstić information content (AvgIpc) is 2.89. The molecule has 0 spiro atoms. The minimum Gasteiger partial charge on any atom is -0.493 e. The van der Waals surface area contributed by atoms with Gasteiger partial charge < -0.3 is 15.0 Å². The van der Waals surface area contributed by atoms with Gasteiger partial charge in [-0.25, -0.2) is 4.98 Å². The summed E-state index contributed by atoms with van der Waals surface area (Å²) in [5.41, 5.74) is 6.98. The summed E-state index contributed by atoms with van der Waals surface area (Å²) in [7, 11) is 0. The van der Waals surface area contributed by atoms with Crippen molar-refractivity contribution in [2.24, 2.45) is 5.73 Å². The first-order valence-corrected chi connectivity index (χ1v) is 7.09. The maximum absolute atomic E-state index is 5.95. The van der Waals surface area contributed by atoms with Crippen LogP contribution in [0.25, 0.3) is 0 Å². The molecular formula is C14H18BrN3O. The molecule has 0 aliphatic carbocycles. The van der Waals surface area contributed by atoms with Gasteiger partial charge in [-0.15, -0.1) is 0 Å². The molecule has 1 aromatic heterocycles. The van der Waals surface area contributed by atoms with Crippen molar-refractivity contribution in [1.29, 1.82) is 0 Å². The summed E-state index contributed by atoms with van der Waals surface area (Å²) in [5.74, 6) is 0.865. The van der Waals surface area contributed by atoms with Crippen LogP contribution in [0.2, 0.25) is 0 Å². The highest BCUT2D eigenvalue weighted by Crippen LogP contribution is 2.27. The molecule has 0 saturated carbocycles. The highest BCUT2D eigenvalue weighted by molar-refractivity contribution is 9.10. The van der Waals surface area contributed by atoms with Crippen LogP contribution in [-0.4, -0.2) is 16.2 Å². The number of imidazole rings is 1. The van der Waals surface area contributed by atoms with Gasteiger partial charge in [0.25, 0.3) is 0 Å². The monoisotopic (exact) mass is 323 g/mol. The molecule has 19 heavy (non-hydrogen) atoms. The second-order valence-electron chi connectivity index (χ2n) is 4.47. The quantitative estimate of drug-likeness (QED) is 0.831. The number of rotatable bonds is 6. The molecule has 0 unspecified atom stereocenters. The Morgan fingerprint density at radius 2 is 2.32 bits per heavy atom. The molecule has 0 radical (unpaired) electrons. The van der Waals surface area contributed by atoms with Gasteiger partial charge in [0.1, 0.15) is 5.75 Å². The van der Waals surface area contributed by atoms with Crippen LogP contribution >= 0.6 is 15.9 Å². The van der Waals surface area contributed by atoms with E-state index in [2.05, 4.69) is 20.9 Å². The summed E-state index contributed by atoms with van der Waals surface area (Å²) in [4.78, 5) is 4.01. The fraction of sp³-hybridized carbons (Fsp3) is 0.357. The van der Waals surface area contributed by atoms with E-state index in [4.69, 9.17) is 10.5 Å². The topological polar surface area (TPSA) is 53.1 Å². The molecule has 0 aliphatic rings. The lowest BCUT2D eigenvalue weighted by Gasteiger charge is -2.14. The third kappa shape index (κ3) is 4.08. The minimum absolute atomic E-state index is 0.0406. The second kappa shape index (κ2) is 6.73. The standard InChI is InChI=1S/C14H18BrN3O/c1-11(16)13-9-12(15)3-4-14(13)19-8-2-6-18-7-5-17-10-18/h3-5,7,9-11H,2,6,8,16H2,1H3/t11-/m1/s1. The highest BCUT2D eigenvalue weighted by atomic mass is 79.9. The summed E-state index contributed by atoms with van der Waals surface area (Å²) in [5, 5.41) is 0. The van der Waals surface area contributed by atoms with Gasteiger partial charge in [-0.1, -0.05) is 15.9 Å². The van der Waals surface area contributed by atoms with Gasteiger partial charge in [0.05, 0.1) is 12.9 Å². The van der Waals surface area contributed by atoms with Crippen LogP contribution in [0.15, 0.2) is 41.4 Å². The van der Waals surface area contributed by atoms with Crippen molar-refractivity contribution in [2.45, 2.75) is 25.9 Å². The fourth-order valence-electron chi connectivity index (χ4n) is 1.85. The molecule has 2 aromatic rings. The first-order chi connectivity index (χ1) is 9.16. The van der Waals surface area contributed by atoms with Crippen molar-refractivity contribution < 1.29 is 4.74 Å². The Labute approximate surface area is 121 Å². The first-order valence-electron chi connectivity index (χ1n) is 6.30. The molecule has 2 rings (SSSR count). The molecule has 0 aliphatic heterocycles. The Hall–Kier alpha value is -1.33. The maximum Gasteiger partial charge on any atom is 0.124 e. The Morgan fingerprint density at radius 3 is 3.00 bits per heavy atom. The molecule has 102 valence electrons. The number of hydrogen-bond acceptors (Lipinski definition) is 3. The number of nitrogens with two attached hydrogens (primary N) is 1. The zero-order chi connectivity index (χ0) is 13.7. The molecule has 0 bridgehead atoms. The van der Waals surface area contributed by atoms with Crippen LogP contribution in [-0.2, 0) is 6.54 Å². The van der Waals surface area contributed by atoms with Crippen molar-refractivity contribution in [2.75, 3.05) is 6.61 Å². The minimum atomic E-state index is -0.0406. The molecule has 0 saturated heterocycles. The summed E-state index contributed by atoms with van der Waals surface area (Å²) < 4.78 is 8.88. The Morgan fingerprint density at radius 1 is 1.47 bits per heavy atom. The lowest BCUT2D eigenvalue weighted by Crippen LogP contribution is -2.09. The third-order valence-electron chi connectivity index (χ3n) is 2.84. The van der Waals surface area contributed by atoms with Crippen molar-refractivity contribution in [3.8, 4) is 5.75 Å². The molecule has 1 aromatic carbocycles. The maximum atomic E-state index is 5.95. The summed E-state index contributed by atoms with van der Waals surface area (Å²) >= 11 is 3.45. The predicted octanol–water partition coefficient (Wildman–Crippen LogP) is 3.13. The molecule has 4 nitrogen and oxygen atoms in total. The van der Waals surface area contributed by atoms with E-state index in [0.29, 0.717) is 6.61 Å². The Bertz CT molecular complexity index is 511. The summed E-state index contributed by atoms with van der Waals surface area (Å²) in [6.07, 6.45) is 6.48. The first kappa shape index (κ1) is 14.1. The van der Waals surface area contributed by atoms with Gasteiger partial charge >= 0.3 is 0 Å². The Kier molecular flexibility index (Phi) is 4.99. The fourth-order valence-corrected chi connectivity index (χ4v) is 2.23. The normalized spacial score (nSPS) is 12.4. The van der Waals surface area contributed by atoms with E-state index in [1.807, 2.05) is 42.2 Å². The number of aryl methyl sites for hydroxylation is 1. The van der Waals surface area contributed by atoms with Crippen molar-refractivity contribution in [1.82, 2.24) is 9.55 Å². The van der Waals surface area contributed by atoms with Gasteiger partial charge in [0.2, 0.25) is 0 Å². The molecular weight excluding hydrogens is 306 g/mol. The zero-order valence-electron chi connectivity index (χ0n) is 10.9. The zero-order valence-corrected chi connectivity index (χ0v) is 12.5. The SMILES string of the molecule is C[C@@H](N)c1cc(Br)ccc1OCCCn1ccnc1. The van der Waals surface area contributed by atoms with Crippen LogP contribution in [0.4, 0.5) is 0 Å². The van der Waals surface area contributed by atoms with Crippen molar-refractivity contribution in [3.63, 3.8) is 0 Å². The summed E-state index contributed by atoms with van der Waals surface area (Å²) in [6.45, 7) is 3.53. The predicted molar refractivity (Wildman–Crippen MR) is 79.1 cm³/mol. The van der Waals surface area contributed by atoms with Gasteiger partial charge in [-0.2, -0.15) is 0 Å². The van der Waals surface area contributed by atoms with Gasteiger partial charge in [-0.05, 0) is 31.5 Å². The number of nitrogens with zero attached hydrogens (tertiary/aromatic N) is 2. The molecule has 0 amide bonds. The van der Waals surface area contributed by atoms with Gasteiger partial charge in [0, 0.05) is 35.0 Å². The van der Waals surface area contributed by atoms with E-state index in [0.717, 1.165) is 28.8 Å². The lowest BCUT2D eigenvalue weighted by atomic mass is 10.1. The largest absolute Gasteiger partial charge is 0.493 e. The van der Waals surface area contributed by atoms with Crippen LogP contribution in [0.5, 0.6) is 5.75 Å². The van der Waals surface area contributed by atoms with E-state index in [1.54, 1.807) is 6.20 Å². The van der Waals surface area contributed by atoms with Crippen LogP contribution in [0.1, 0.15) is 24.9 Å². The van der Waals surface area contributed by atoms with Crippen LogP contribution < -0.4 is 10.5 Å². The average molecular weight is 324 g/mol. The van der Waals surface area contributed by atoms with E-state index in [9.17, 15) is 0 Å². The number of halogens is 1. The highest BCUT2D eigenvalue weighted by Gasteiger charge is 2.08. The summed E-state index contributed by atoms with van der Waals surface area (Å²) in [6, 6.07) is 5.90. The van der Waals surface area contributed by atoms with E-state index < -0.39 is 0 Å². The van der Waals surface area contributed by atoms with E-state index in [1.165, 1.54) is 0 Å². The molecule has 0 fully saturated rings. The van der Waals surface area contributed by atoms with Crippen LogP contribution in [0, 0.1) is 0 Å². The van der Waals surface area contributed by atoms with E-state index in [-0.39, 0.29) is 6.04 Å². The Balaban J connectivity index is 1.88. The number of hydrogen-bond donors (Lipinski definition) is 1. The van der Waals surface area contributed by atoms with Crippen molar-refractivity contribution >= 4 is 15.9 Å². The van der Waals surface area contributed by atoms with Crippen molar-refractivity contribution in [3.05, 3.63) is 47.0 Å². The third-order valence-corrected chi connectivity index (χ3v) is 3.33. The van der Waals surface area contributed by atoms with E-state index >= 15 is 0 Å². The smallest absolute Gasteiger partial charge is 0.124 e.